The highest BCUT2D eigenvalue weighted by atomic mass is 35.5. The zero-order chi connectivity index (χ0) is 8.43. The molecule has 0 aliphatic heterocycles. The summed E-state index contributed by atoms with van der Waals surface area (Å²) in [5, 5.41) is 0.210. The Bertz CT molecular complexity index is 300. The molecule has 58 valence electrons. The van der Waals surface area contributed by atoms with E-state index in [0.717, 1.165) is 0 Å². The Morgan fingerprint density at radius 2 is 2.18 bits per heavy atom. The van der Waals surface area contributed by atoms with Gasteiger partial charge in [-0.2, -0.15) is 0 Å². The van der Waals surface area contributed by atoms with Gasteiger partial charge in [0, 0.05) is 0 Å². The lowest BCUT2D eigenvalue weighted by atomic mass is 10.4. The number of nitrogens with zero attached hydrogens (tertiary/aromatic N) is 2. The molecule has 1 rings (SSSR count). The van der Waals surface area contributed by atoms with Gasteiger partial charge in [-0.15, -0.1) is 0 Å². The highest BCUT2D eigenvalue weighted by Gasteiger charge is 2.04. The fourth-order valence-electron chi connectivity index (χ4n) is 0.615. The molecule has 0 aromatic carbocycles. The van der Waals surface area contributed by atoms with Gasteiger partial charge >= 0.3 is 0 Å². The fraction of sp³-hybridized carbons (Fsp3) is 0.167. The number of halogens is 1. The Balaban J connectivity index is 3.31. The van der Waals surface area contributed by atoms with Gasteiger partial charge in [-0.3, -0.25) is 4.79 Å². The predicted molar refractivity (Wildman–Crippen MR) is 41.6 cm³/mol. The van der Waals surface area contributed by atoms with Crippen LogP contribution in [0, 0.1) is 6.92 Å². The van der Waals surface area contributed by atoms with Crippen LogP contribution in [-0.2, 0) is 0 Å². The van der Waals surface area contributed by atoms with Crippen molar-refractivity contribution in [2.24, 2.45) is 0 Å². The van der Waals surface area contributed by atoms with Crippen LogP contribution in [0.15, 0.2) is 0 Å². The molecule has 5 heteroatoms. The van der Waals surface area contributed by atoms with E-state index < -0.39 is 0 Å². The van der Waals surface area contributed by atoms with Crippen molar-refractivity contribution in [3.8, 4) is 0 Å². The Morgan fingerprint density at radius 1 is 1.55 bits per heavy atom. The lowest BCUT2D eigenvalue weighted by molar-refractivity contribution is 0.111. The van der Waals surface area contributed by atoms with Crippen LogP contribution in [0.25, 0.3) is 0 Å². The minimum absolute atomic E-state index is 0.0839. The van der Waals surface area contributed by atoms with Gasteiger partial charge in [0.05, 0.1) is 5.69 Å². The quantitative estimate of drug-likeness (QED) is 0.636. The number of rotatable bonds is 1. The second-order valence-corrected chi connectivity index (χ2v) is 2.35. The number of carbonyl (C=O) groups excluding carboxylic acids is 1. The molecule has 11 heavy (non-hydrogen) atoms. The molecule has 0 spiro atoms. The van der Waals surface area contributed by atoms with Crippen molar-refractivity contribution in [1.82, 2.24) is 9.97 Å². The number of aldehydes is 1. The summed E-state index contributed by atoms with van der Waals surface area (Å²) >= 11 is 5.58. The van der Waals surface area contributed by atoms with E-state index in [1.54, 1.807) is 6.92 Å². The highest BCUT2D eigenvalue weighted by Crippen LogP contribution is 2.12. The third-order valence-corrected chi connectivity index (χ3v) is 1.54. The number of hydrogen-bond donors (Lipinski definition) is 1. The minimum atomic E-state index is 0.0839. The first-order valence-corrected chi connectivity index (χ1v) is 3.27. The molecule has 1 heterocycles. The van der Waals surface area contributed by atoms with Gasteiger partial charge in [0.25, 0.3) is 0 Å². The molecule has 0 saturated carbocycles. The zero-order valence-corrected chi connectivity index (χ0v) is 6.59. The Hall–Kier alpha value is -1.16. The molecule has 0 saturated heterocycles. The van der Waals surface area contributed by atoms with Gasteiger partial charge < -0.3 is 5.73 Å². The number of nitrogen functional groups attached to an aromatic ring is 1. The summed E-state index contributed by atoms with van der Waals surface area (Å²) in [6, 6.07) is 0. The van der Waals surface area contributed by atoms with Crippen LogP contribution in [0.3, 0.4) is 0 Å². The Labute approximate surface area is 68.4 Å². The van der Waals surface area contributed by atoms with Crippen LogP contribution >= 0.6 is 11.6 Å². The first-order chi connectivity index (χ1) is 5.15. The van der Waals surface area contributed by atoms with Crippen molar-refractivity contribution in [3.63, 3.8) is 0 Å². The summed E-state index contributed by atoms with van der Waals surface area (Å²) in [4.78, 5) is 17.7. The van der Waals surface area contributed by atoms with Crippen molar-refractivity contribution in [1.29, 1.82) is 0 Å². The third-order valence-electron chi connectivity index (χ3n) is 1.18. The number of aryl methyl sites for hydroxylation is 1. The summed E-state index contributed by atoms with van der Waals surface area (Å²) in [6.07, 6.45) is 0.521. The maximum Gasteiger partial charge on any atom is 0.172 e. The molecule has 0 amide bonds. The van der Waals surface area contributed by atoms with Gasteiger partial charge in [-0.1, -0.05) is 11.6 Å². The lowest BCUT2D eigenvalue weighted by Gasteiger charge is -1.99. The summed E-state index contributed by atoms with van der Waals surface area (Å²) in [5.41, 5.74) is 5.94. The second-order valence-electron chi connectivity index (χ2n) is 1.99. The molecule has 0 unspecified atom stereocenters. The SMILES string of the molecule is Cc1nc(N)c(C=O)nc1Cl. The monoisotopic (exact) mass is 171 g/mol. The average molecular weight is 172 g/mol. The third kappa shape index (κ3) is 1.46. The second kappa shape index (κ2) is 2.84. The number of anilines is 1. The molecule has 0 aliphatic carbocycles. The van der Waals surface area contributed by atoms with Crippen molar-refractivity contribution >= 4 is 23.7 Å². The van der Waals surface area contributed by atoms with Crippen LogP contribution in [-0.4, -0.2) is 16.3 Å². The van der Waals surface area contributed by atoms with Crippen molar-refractivity contribution in [2.45, 2.75) is 6.92 Å². The fourth-order valence-corrected chi connectivity index (χ4v) is 0.748. The van der Waals surface area contributed by atoms with Gasteiger partial charge in [-0.25, -0.2) is 9.97 Å². The number of nitrogens with two attached hydrogens (primary N) is 1. The van der Waals surface area contributed by atoms with Gasteiger partial charge in [0.15, 0.2) is 17.3 Å². The van der Waals surface area contributed by atoms with Crippen LogP contribution in [0.5, 0.6) is 0 Å². The largest absolute Gasteiger partial charge is 0.382 e. The predicted octanol–water partition coefficient (Wildman–Crippen LogP) is 0.833. The van der Waals surface area contributed by atoms with Gasteiger partial charge in [0.2, 0.25) is 0 Å². The molecule has 0 bridgehead atoms. The lowest BCUT2D eigenvalue weighted by Crippen LogP contribution is -2.02. The van der Waals surface area contributed by atoms with E-state index in [1.165, 1.54) is 0 Å². The molecular weight excluding hydrogens is 166 g/mol. The van der Waals surface area contributed by atoms with Crippen LogP contribution < -0.4 is 5.73 Å². The number of aromatic nitrogens is 2. The van der Waals surface area contributed by atoms with E-state index in [4.69, 9.17) is 17.3 Å². The molecule has 2 N–H and O–H groups in total. The summed E-state index contributed by atoms with van der Waals surface area (Å²) in [6.45, 7) is 1.67. The molecular formula is C6H6ClN3O. The number of carbonyl (C=O) groups is 1. The van der Waals surface area contributed by atoms with Crippen LogP contribution in [0.2, 0.25) is 5.15 Å². The molecule has 1 aromatic heterocycles. The zero-order valence-electron chi connectivity index (χ0n) is 5.84. The topological polar surface area (TPSA) is 68.9 Å². The van der Waals surface area contributed by atoms with Gasteiger partial charge in [-0.05, 0) is 6.92 Å². The van der Waals surface area contributed by atoms with Crippen LogP contribution in [0.4, 0.5) is 5.82 Å². The molecule has 0 radical (unpaired) electrons. The maximum absolute atomic E-state index is 10.2. The van der Waals surface area contributed by atoms with Crippen molar-refractivity contribution in [3.05, 3.63) is 16.5 Å². The first kappa shape index (κ1) is 7.94. The molecule has 0 fully saturated rings. The van der Waals surface area contributed by atoms with Crippen molar-refractivity contribution in [2.75, 3.05) is 5.73 Å². The smallest absolute Gasteiger partial charge is 0.172 e. The van der Waals surface area contributed by atoms with E-state index in [-0.39, 0.29) is 16.7 Å². The van der Waals surface area contributed by atoms with Crippen LogP contribution in [0.1, 0.15) is 16.2 Å². The number of hydrogen-bond acceptors (Lipinski definition) is 4. The standard InChI is InChI=1S/C6H6ClN3O/c1-3-5(7)10-4(2-11)6(8)9-3/h2H,1H3,(H2,8,9). The Morgan fingerprint density at radius 3 is 2.73 bits per heavy atom. The van der Waals surface area contributed by atoms with E-state index in [9.17, 15) is 4.79 Å². The van der Waals surface area contributed by atoms with E-state index in [1.807, 2.05) is 0 Å². The summed E-state index contributed by atoms with van der Waals surface area (Å²) in [7, 11) is 0. The maximum atomic E-state index is 10.2. The minimum Gasteiger partial charge on any atom is -0.382 e. The Kier molecular flexibility index (Phi) is 2.05. The molecule has 0 aliphatic rings. The first-order valence-electron chi connectivity index (χ1n) is 2.90. The normalized spacial score (nSPS) is 9.64. The summed E-state index contributed by atoms with van der Waals surface area (Å²) < 4.78 is 0. The molecule has 0 atom stereocenters. The van der Waals surface area contributed by atoms with E-state index in [0.29, 0.717) is 12.0 Å². The highest BCUT2D eigenvalue weighted by molar-refractivity contribution is 6.30. The van der Waals surface area contributed by atoms with E-state index >= 15 is 0 Å². The van der Waals surface area contributed by atoms with E-state index in [2.05, 4.69) is 9.97 Å². The summed E-state index contributed by atoms with van der Waals surface area (Å²) in [5.74, 6) is 0.113. The molecule has 4 nitrogen and oxygen atoms in total. The average Bonchev–Trinajstić information content (AvgIpc) is 1.97. The molecule has 1 aromatic rings. The van der Waals surface area contributed by atoms with Crippen molar-refractivity contribution < 1.29 is 4.79 Å². The van der Waals surface area contributed by atoms with Gasteiger partial charge in [0.1, 0.15) is 5.69 Å².